The molecule has 0 aliphatic rings. The Balaban J connectivity index is 4.69. The van der Waals surface area contributed by atoms with Gasteiger partial charge in [-0.05, 0) is 69.2 Å². The third kappa shape index (κ3) is 10.6. The van der Waals surface area contributed by atoms with Crippen LogP contribution in [0.5, 0.6) is 0 Å². The van der Waals surface area contributed by atoms with Gasteiger partial charge in [0.25, 0.3) is 0 Å². The van der Waals surface area contributed by atoms with Gasteiger partial charge in [0, 0.05) is 41.2 Å². The van der Waals surface area contributed by atoms with Gasteiger partial charge in [-0.25, -0.2) is 9.34 Å². The Morgan fingerprint density at radius 2 is 1.31 bits per heavy atom. The van der Waals surface area contributed by atoms with Crippen LogP contribution in [0.3, 0.4) is 0 Å². The lowest BCUT2D eigenvalue weighted by molar-refractivity contribution is -0.107. The number of rotatable bonds is 14. The molecule has 0 radical (unpaired) electrons. The van der Waals surface area contributed by atoms with Crippen LogP contribution in [0, 0.1) is 0 Å². The molecule has 0 aliphatic carbocycles. The molecule has 0 heterocycles. The van der Waals surface area contributed by atoms with Crippen molar-refractivity contribution in [3.05, 3.63) is 11.3 Å². The summed E-state index contributed by atoms with van der Waals surface area (Å²) >= 11 is 1.25. The molecular weight excluding hydrogens is 405 g/mol. The summed E-state index contributed by atoms with van der Waals surface area (Å²) < 4.78 is 17.0. The molecule has 0 fully saturated rings. The van der Waals surface area contributed by atoms with Gasteiger partial charge in [-0.3, -0.25) is 4.79 Å². The Kier molecular flexibility index (Phi) is 14.7. The topological polar surface area (TPSA) is 68.0 Å². The Hall–Kier alpha value is -0.170. The van der Waals surface area contributed by atoms with Crippen LogP contribution in [0.2, 0.25) is 0 Å². The van der Waals surface area contributed by atoms with E-state index in [9.17, 15) is 4.79 Å². The van der Waals surface area contributed by atoms with E-state index >= 15 is 0 Å². The molecule has 0 amide bonds. The van der Waals surface area contributed by atoms with Crippen LogP contribution in [0.25, 0.3) is 0 Å². The average Bonchev–Trinajstić information content (AvgIpc) is 2.58. The Morgan fingerprint density at radius 3 is 1.69 bits per heavy atom. The van der Waals surface area contributed by atoms with Crippen LogP contribution in [0.15, 0.2) is 11.3 Å². The minimum absolute atomic E-state index is 0.0161. The Labute approximate surface area is 184 Å². The highest BCUT2D eigenvalue weighted by molar-refractivity contribution is 8.14. The zero-order valence-electron chi connectivity index (χ0n) is 20.2. The van der Waals surface area contributed by atoms with E-state index in [1.807, 2.05) is 0 Å². The smallest absolute Gasteiger partial charge is 0.216 e. The van der Waals surface area contributed by atoms with Crippen LogP contribution < -0.4 is 5.73 Å². The highest BCUT2D eigenvalue weighted by atomic mass is 32.2. The van der Waals surface area contributed by atoms with Crippen LogP contribution >= 0.6 is 20.2 Å². The normalized spacial score (nSPS) is 13.7. The van der Waals surface area contributed by atoms with Gasteiger partial charge >= 0.3 is 0 Å². The highest BCUT2D eigenvalue weighted by Crippen LogP contribution is 2.50. The van der Waals surface area contributed by atoms with Crippen LogP contribution in [-0.2, 0) is 14.1 Å². The molecule has 0 aromatic heterocycles. The first-order chi connectivity index (χ1) is 13.4. The van der Waals surface area contributed by atoms with E-state index in [0.29, 0.717) is 61.0 Å². The third-order valence-electron chi connectivity index (χ3n) is 4.30. The van der Waals surface area contributed by atoms with Gasteiger partial charge in [0.05, 0.1) is 19.8 Å². The third-order valence-corrected chi connectivity index (χ3v) is 8.29. The number of allylic oxidation sites excluding steroid dienone is 1. The zero-order valence-corrected chi connectivity index (χ0v) is 21.9. The maximum atomic E-state index is 11.9. The molecule has 0 unspecified atom stereocenters. The molecule has 172 valence electrons. The quantitative estimate of drug-likeness (QED) is 0.227. The fraction of sp³-hybridized carbons (Fsp3) is 0.857. The first kappa shape index (κ1) is 28.8. The van der Waals surface area contributed by atoms with Crippen molar-refractivity contribution >= 4 is 25.3 Å². The average molecular weight is 450 g/mol. The number of carbonyl (C=O) groups excluding carboxylic acids is 1. The van der Waals surface area contributed by atoms with Gasteiger partial charge in [-0.15, -0.1) is 0 Å². The van der Waals surface area contributed by atoms with Gasteiger partial charge in [0.15, 0.2) is 8.45 Å². The van der Waals surface area contributed by atoms with Gasteiger partial charge in [0.1, 0.15) is 0 Å². The first-order valence-electron chi connectivity index (χ1n) is 10.6. The molecule has 0 bridgehead atoms. The van der Waals surface area contributed by atoms with Crippen molar-refractivity contribution in [1.82, 2.24) is 9.34 Å². The maximum Gasteiger partial charge on any atom is 0.216 e. The van der Waals surface area contributed by atoms with Gasteiger partial charge in [-0.2, -0.15) is 0 Å². The lowest BCUT2D eigenvalue weighted by Crippen LogP contribution is -2.43. The van der Waals surface area contributed by atoms with Gasteiger partial charge in [-0.1, -0.05) is 11.8 Å². The van der Waals surface area contributed by atoms with Crippen molar-refractivity contribution in [1.29, 1.82) is 0 Å². The Bertz CT molecular complexity index is 473. The summed E-state index contributed by atoms with van der Waals surface area (Å²) in [6.45, 7) is 22.9. The van der Waals surface area contributed by atoms with Gasteiger partial charge in [0.2, 0.25) is 5.12 Å². The van der Waals surface area contributed by atoms with Crippen molar-refractivity contribution in [2.75, 3.05) is 25.6 Å². The molecule has 0 atom stereocenters. The standard InChI is InChI=1S/C21H44N3O3PS/c1-15(2)23(16(3)4)28(24(17(5)6)18(7)8)27-12-11-26-13-14-29-21(25)19(9)20(10)22/h15-18H,11-14,22H2,1-10H3/b20-19+. The van der Waals surface area contributed by atoms with E-state index < -0.39 is 8.45 Å². The number of thioether (sulfide) groups is 1. The molecule has 0 saturated heterocycles. The second-order valence-electron chi connectivity index (χ2n) is 8.28. The van der Waals surface area contributed by atoms with Gasteiger partial charge < -0.3 is 15.0 Å². The van der Waals surface area contributed by atoms with Crippen molar-refractivity contribution < 1.29 is 14.1 Å². The number of nitrogens with zero attached hydrogens (tertiary/aromatic N) is 2. The lowest BCUT2D eigenvalue weighted by atomic mass is 10.3. The van der Waals surface area contributed by atoms with E-state index in [4.69, 9.17) is 15.0 Å². The van der Waals surface area contributed by atoms with Crippen LogP contribution in [-0.4, -0.2) is 64.2 Å². The largest absolute Gasteiger partial charge is 0.402 e. The predicted molar refractivity (Wildman–Crippen MR) is 128 cm³/mol. The minimum atomic E-state index is -0.889. The molecule has 0 aromatic carbocycles. The summed E-state index contributed by atoms with van der Waals surface area (Å²) in [5, 5.41) is 0.0161. The van der Waals surface area contributed by atoms with Crippen LogP contribution in [0.4, 0.5) is 0 Å². The number of ether oxygens (including phenoxy) is 1. The van der Waals surface area contributed by atoms with Crippen molar-refractivity contribution in [2.24, 2.45) is 5.73 Å². The van der Waals surface area contributed by atoms with Crippen LogP contribution in [0.1, 0.15) is 69.2 Å². The van der Waals surface area contributed by atoms with Crippen molar-refractivity contribution in [3.63, 3.8) is 0 Å². The molecular formula is C21H44N3O3PS. The van der Waals surface area contributed by atoms with E-state index in [-0.39, 0.29) is 5.12 Å². The molecule has 8 heteroatoms. The molecule has 0 saturated carbocycles. The summed E-state index contributed by atoms with van der Waals surface area (Å²) in [5.74, 6) is 0.618. The second kappa shape index (κ2) is 14.8. The number of hydrogen-bond donors (Lipinski definition) is 1. The van der Waals surface area contributed by atoms with E-state index in [1.165, 1.54) is 11.8 Å². The van der Waals surface area contributed by atoms with Crippen molar-refractivity contribution in [3.8, 4) is 0 Å². The van der Waals surface area contributed by atoms with E-state index in [0.717, 1.165) is 0 Å². The molecule has 0 aliphatic heterocycles. The number of carbonyl (C=O) groups is 1. The Morgan fingerprint density at radius 1 is 0.862 bits per heavy atom. The summed E-state index contributed by atoms with van der Waals surface area (Å²) in [6.07, 6.45) is 0. The molecule has 29 heavy (non-hydrogen) atoms. The summed E-state index contributed by atoms with van der Waals surface area (Å²) in [4.78, 5) is 11.9. The maximum absolute atomic E-state index is 11.9. The molecule has 0 spiro atoms. The fourth-order valence-corrected chi connectivity index (χ4v) is 6.07. The summed E-state index contributed by atoms with van der Waals surface area (Å²) in [5.41, 5.74) is 6.85. The number of nitrogens with two attached hydrogens (primary N) is 1. The molecule has 2 N–H and O–H groups in total. The first-order valence-corrected chi connectivity index (χ1v) is 12.7. The van der Waals surface area contributed by atoms with E-state index in [1.54, 1.807) is 13.8 Å². The minimum Gasteiger partial charge on any atom is -0.402 e. The second-order valence-corrected chi connectivity index (χ2v) is 11.0. The zero-order chi connectivity index (χ0) is 22.7. The molecule has 0 aromatic rings. The fourth-order valence-electron chi connectivity index (χ4n) is 2.98. The number of hydrogen-bond acceptors (Lipinski definition) is 7. The monoisotopic (exact) mass is 449 g/mol. The van der Waals surface area contributed by atoms with E-state index in [2.05, 4.69) is 64.7 Å². The van der Waals surface area contributed by atoms with Crippen molar-refractivity contribution in [2.45, 2.75) is 93.4 Å². The summed E-state index contributed by atoms with van der Waals surface area (Å²) in [7, 11) is -0.889. The lowest BCUT2D eigenvalue weighted by Gasteiger charge is -2.45. The molecule has 6 nitrogen and oxygen atoms in total. The predicted octanol–water partition coefficient (Wildman–Crippen LogP) is 5.00. The SMILES string of the molecule is C/C(N)=C(/C)C(=O)SCCOCCOP(N(C(C)C)C(C)C)N(C(C)C)C(C)C. The highest BCUT2D eigenvalue weighted by Gasteiger charge is 2.34. The molecule has 0 rings (SSSR count). The summed E-state index contributed by atoms with van der Waals surface area (Å²) in [6, 6.07) is 1.58.